The molecule has 186 valence electrons. The molecule has 0 spiro atoms. The molecule has 1 aliphatic rings. The second-order valence-corrected chi connectivity index (χ2v) is 8.73. The van der Waals surface area contributed by atoms with E-state index >= 15 is 0 Å². The van der Waals surface area contributed by atoms with Gasteiger partial charge in [0.15, 0.2) is 17.3 Å². The summed E-state index contributed by atoms with van der Waals surface area (Å²) in [4.78, 5) is 39.7. The van der Waals surface area contributed by atoms with Crippen LogP contribution in [-0.4, -0.2) is 26.3 Å². The number of hydrogen-bond acceptors (Lipinski definition) is 8. The molecule has 4 aromatic rings. The van der Waals surface area contributed by atoms with E-state index in [4.69, 9.17) is 0 Å². The molecular weight excluding hydrogens is 484 g/mol. The molecule has 1 aliphatic carbocycles. The minimum Gasteiger partial charge on any atom is -0.507 e. The summed E-state index contributed by atoms with van der Waals surface area (Å²) in [7, 11) is 0. The molecule has 0 unspecified atom stereocenters. The lowest BCUT2D eigenvalue weighted by Gasteiger charge is -2.19. The third-order valence-corrected chi connectivity index (χ3v) is 6.52. The molecule has 3 aromatic carbocycles. The Bertz CT molecular complexity index is 1760. The van der Waals surface area contributed by atoms with Crippen LogP contribution >= 0.6 is 0 Å². The zero-order valence-corrected chi connectivity index (χ0v) is 20.2. The summed E-state index contributed by atoms with van der Waals surface area (Å²) in [5, 5.41) is 38.7. The molecule has 2 N–H and O–H groups in total. The van der Waals surface area contributed by atoms with Gasteiger partial charge in [-0.3, -0.25) is 19.0 Å². The molecule has 0 saturated heterocycles. The van der Waals surface area contributed by atoms with Crippen molar-refractivity contribution in [1.29, 1.82) is 5.26 Å². The molecule has 1 aromatic heterocycles. The van der Waals surface area contributed by atoms with Crippen molar-refractivity contribution in [3.63, 3.8) is 0 Å². The molecule has 0 amide bonds. The zero-order valence-electron chi connectivity index (χ0n) is 20.2. The average molecular weight is 505 g/mol. The lowest BCUT2D eigenvalue weighted by molar-refractivity contribution is 0.0977. The van der Waals surface area contributed by atoms with Crippen LogP contribution in [0.25, 0.3) is 0 Å². The number of nitrogens with zero attached hydrogens (tertiary/aromatic N) is 4. The van der Waals surface area contributed by atoms with Crippen molar-refractivity contribution >= 4 is 22.9 Å². The van der Waals surface area contributed by atoms with Crippen LogP contribution < -0.4 is 5.56 Å². The Morgan fingerprint density at radius 2 is 1.50 bits per heavy atom. The molecule has 9 heteroatoms. The first-order valence-electron chi connectivity index (χ1n) is 11.7. The lowest BCUT2D eigenvalue weighted by Crippen LogP contribution is -2.23. The number of ketones is 2. The van der Waals surface area contributed by atoms with Crippen LogP contribution in [0.2, 0.25) is 0 Å². The summed E-state index contributed by atoms with van der Waals surface area (Å²) in [6.07, 6.45) is 0.424. The summed E-state index contributed by atoms with van der Waals surface area (Å²) < 4.78 is 1.07. The topological polar surface area (TPSA) is 145 Å². The number of rotatable bonds is 5. The monoisotopic (exact) mass is 504 g/mol. The SMILES string of the molecule is Cc1c(C#N)c(O)n(CCc2ccccc2)c(=O)c1N=Nc1cccc2c1C(=O)c1cccc(O)c1C2=O. The number of phenolic OH excluding ortho intramolecular Hbond substituents is 1. The van der Waals surface area contributed by atoms with E-state index in [2.05, 4.69) is 10.2 Å². The third-order valence-electron chi connectivity index (χ3n) is 6.52. The number of pyridine rings is 1. The summed E-state index contributed by atoms with van der Waals surface area (Å²) in [6.45, 7) is 1.57. The highest BCUT2D eigenvalue weighted by Crippen LogP contribution is 2.37. The van der Waals surface area contributed by atoms with Crippen molar-refractivity contribution in [1.82, 2.24) is 4.57 Å². The normalized spacial score (nSPS) is 12.3. The molecule has 1 heterocycles. The van der Waals surface area contributed by atoms with Crippen LogP contribution in [0.4, 0.5) is 11.4 Å². The Balaban J connectivity index is 1.59. The maximum Gasteiger partial charge on any atom is 0.281 e. The molecule has 0 saturated carbocycles. The quantitative estimate of drug-likeness (QED) is 0.327. The van der Waals surface area contributed by atoms with E-state index in [-0.39, 0.29) is 57.0 Å². The molecule has 38 heavy (non-hydrogen) atoms. The first-order chi connectivity index (χ1) is 18.3. The molecule has 5 rings (SSSR count). The summed E-state index contributed by atoms with van der Waals surface area (Å²) in [5.41, 5.74) is 0.215. The smallest absolute Gasteiger partial charge is 0.281 e. The minimum absolute atomic E-state index is 0.000640. The summed E-state index contributed by atoms with van der Waals surface area (Å²) >= 11 is 0. The predicted octanol–water partition coefficient (Wildman–Crippen LogP) is 4.87. The van der Waals surface area contributed by atoms with Crippen molar-refractivity contribution in [2.45, 2.75) is 19.9 Å². The van der Waals surface area contributed by atoms with Crippen molar-refractivity contribution in [3.05, 3.63) is 116 Å². The maximum absolute atomic E-state index is 13.3. The Morgan fingerprint density at radius 3 is 2.21 bits per heavy atom. The number of aromatic hydroxyl groups is 2. The highest BCUT2D eigenvalue weighted by Gasteiger charge is 2.33. The van der Waals surface area contributed by atoms with Gasteiger partial charge in [0.25, 0.3) is 5.56 Å². The van der Waals surface area contributed by atoms with E-state index in [0.29, 0.717) is 6.42 Å². The fraction of sp³-hybridized carbons (Fsp3) is 0.103. The van der Waals surface area contributed by atoms with Crippen LogP contribution in [0.5, 0.6) is 11.6 Å². The number of phenols is 1. The maximum atomic E-state index is 13.3. The lowest BCUT2D eigenvalue weighted by atomic mass is 9.83. The number of aromatic nitrogens is 1. The van der Waals surface area contributed by atoms with E-state index in [0.717, 1.165) is 10.1 Å². The average Bonchev–Trinajstić information content (AvgIpc) is 2.92. The largest absolute Gasteiger partial charge is 0.507 e. The van der Waals surface area contributed by atoms with E-state index < -0.39 is 23.0 Å². The molecule has 0 aliphatic heterocycles. The first kappa shape index (κ1) is 24.3. The number of aryl methyl sites for hydroxylation is 1. The van der Waals surface area contributed by atoms with Gasteiger partial charge in [-0.05, 0) is 31.0 Å². The van der Waals surface area contributed by atoms with Gasteiger partial charge in [0.1, 0.15) is 17.4 Å². The molecule has 0 atom stereocenters. The van der Waals surface area contributed by atoms with Gasteiger partial charge in [0.2, 0.25) is 5.88 Å². The van der Waals surface area contributed by atoms with Gasteiger partial charge in [0.05, 0.1) is 16.8 Å². The zero-order chi connectivity index (χ0) is 27.0. The number of fused-ring (bicyclic) bond motifs is 2. The van der Waals surface area contributed by atoms with E-state index in [1.54, 1.807) is 0 Å². The predicted molar refractivity (Wildman–Crippen MR) is 138 cm³/mol. The Kier molecular flexibility index (Phi) is 6.15. The molecule has 9 nitrogen and oxygen atoms in total. The second-order valence-electron chi connectivity index (χ2n) is 8.73. The van der Waals surface area contributed by atoms with Crippen LogP contribution in [0.3, 0.4) is 0 Å². The summed E-state index contributed by atoms with van der Waals surface area (Å²) in [6, 6.07) is 20.0. The number of azo groups is 1. The van der Waals surface area contributed by atoms with Crippen molar-refractivity contribution in [2.24, 2.45) is 10.2 Å². The minimum atomic E-state index is -0.652. The first-order valence-corrected chi connectivity index (χ1v) is 11.7. The number of carbonyl (C=O) groups excluding carboxylic acids is 2. The number of hydrogen-bond donors (Lipinski definition) is 2. The molecule has 0 radical (unpaired) electrons. The number of benzene rings is 3. The second kappa shape index (κ2) is 9.59. The van der Waals surface area contributed by atoms with Crippen LogP contribution in [0.1, 0.15) is 48.5 Å². The molecule has 0 bridgehead atoms. The highest BCUT2D eigenvalue weighted by molar-refractivity contribution is 6.30. The Labute approximate surface area is 216 Å². The van der Waals surface area contributed by atoms with Crippen molar-refractivity contribution in [3.8, 4) is 17.7 Å². The Morgan fingerprint density at radius 1 is 0.842 bits per heavy atom. The number of nitriles is 1. The summed E-state index contributed by atoms with van der Waals surface area (Å²) in [5.74, 6) is -1.79. The van der Waals surface area contributed by atoms with Crippen molar-refractivity contribution in [2.75, 3.05) is 0 Å². The molecule has 0 fully saturated rings. The van der Waals surface area contributed by atoms with E-state index in [1.807, 2.05) is 36.4 Å². The fourth-order valence-corrected chi connectivity index (χ4v) is 4.54. The fourth-order valence-electron chi connectivity index (χ4n) is 4.54. The van der Waals surface area contributed by atoms with Crippen LogP contribution in [-0.2, 0) is 13.0 Å². The van der Waals surface area contributed by atoms with Gasteiger partial charge in [-0.2, -0.15) is 5.26 Å². The van der Waals surface area contributed by atoms with Crippen LogP contribution in [0.15, 0.2) is 81.8 Å². The van der Waals surface area contributed by atoms with Gasteiger partial charge in [-0.1, -0.05) is 54.6 Å². The van der Waals surface area contributed by atoms with Crippen molar-refractivity contribution < 1.29 is 19.8 Å². The van der Waals surface area contributed by atoms with Gasteiger partial charge in [-0.15, -0.1) is 10.2 Å². The van der Waals surface area contributed by atoms with Gasteiger partial charge < -0.3 is 10.2 Å². The van der Waals surface area contributed by atoms with E-state index in [9.17, 15) is 29.9 Å². The van der Waals surface area contributed by atoms with Gasteiger partial charge in [0, 0.05) is 23.2 Å². The molecular formula is C29H20N4O5. The Hall–Kier alpha value is -5.36. The van der Waals surface area contributed by atoms with Gasteiger partial charge >= 0.3 is 0 Å². The third kappa shape index (κ3) is 3.94. The van der Waals surface area contributed by atoms with Gasteiger partial charge in [-0.25, -0.2) is 0 Å². The van der Waals surface area contributed by atoms with Crippen LogP contribution in [0, 0.1) is 18.3 Å². The standard InChI is InChI=1S/C29H20N4O5/c1-16-20(15-30)28(37)33(14-13-17-7-3-2-4-8-17)29(38)25(16)32-31-21-11-5-9-18-23(21)26(35)19-10-6-12-22(34)24(19)27(18)36/h2-12,34,37H,13-14H2,1H3. The van der Waals surface area contributed by atoms with E-state index in [1.165, 1.54) is 43.3 Å². The number of carbonyl (C=O) groups is 2. The highest BCUT2D eigenvalue weighted by atomic mass is 16.3.